The summed E-state index contributed by atoms with van der Waals surface area (Å²) in [5.41, 5.74) is 4.00. The second-order valence-corrected chi connectivity index (χ2v) is 5.16. The number of hydrogen-bond acceptors (Lipinski definition) is 2. The maximum Gasteiger partial charge on any atom is 0.159 e. The number of likely N-dealkylation sites (N-methyl/N-ethyl adjacent to an activating group) is 1. The van der Waals surface area contributed by atoms with Gasteiger partial charge in [0, 0.05) is 5.69 Å². The van der Waals surface area contributed by atoms with Crippen LogP contribution in [0.3, 0.4) is 0 Å². The third kappa shape index (κ3) is 3.67. The minimum absolute atomic E-state index is 0.449. The van der Waals surface area contributed by atoms with E-state index in [9.17, 15) is 8.78 Å². The van der Waals surface area contributed by atoms with Gasteiger partial charge in [-0.3, -0.25) is 4.68 Å². The van der Waals surface area contributed by atoms with Crippen LogP contribution in [0.25, 0.3) is 0 Å². The van der Waals surface area contributed by atoms with Gasteiger partial charge in [-0.05, 0) is 56.6 Å². The van der Waals surface area contributed by atoms with Crippen LogP contribution in [0.15, 0.2) is 18.2 Å². The van der Waals surface area contributed by atoms with Crippen molar-refractivity contribution in [3.63, 3.8) is 0 Å². The Kier molecular flexibility index (Phi) is 5.07. The maximum absolute atomic E-state index is 13.3. The van der Waals surface area contributed by atoms with Gasteiger partial charge < -0.3 is 5.32 Å². The average Bonchev–Trinajstić information content (AvgIpc) is 2.70. The molecular weight excluding hydrogens is 272 g/mol. The van der Waals surface area contributed by atoms with Crippen molar-refractivity contribution < 1.29 is 8.78 Å². The molecule has 0 radical (unpaired) electrons. The van der Waals surface area contributed by atoms with E-state index in [0.29, 0.717) is 12.1 Å². The third-order valence-electron chi connectivity index (χ3n) is 3.65. The molecule has 2 aromatic rings. The molecule has 0 atom stereocenters. The fourth-order valence-corrected chi connectivity index (χ4v) is 2.45. The first kappa shape index (κ1) is 15.6. The highest BCUT2D eigenvalue weighted by atomic mass is 19.2. The topological polar surface area (TPSA) is 29.9 Å². The van der Waals surface area contributed by atoms with E-state index in [1.165, 1.54) is 11.6 Å². The number of hydrogen-bond donors (Lipinski definition) is 1. The predicted molar refractivity (Wildman–Crippen MR) is 79.4 cm³/mol. The molecule has 1 heterocycles. The van der Waals surface area contributed by atoms with Crippen molar-refractivity contribution in [2.45, 2.75) is 33.7 Å². The monoisotopic (exact) mass is 293 g/mol. The van der Waals surface area contributed by atoms with Crippen LogP contribution in [0.4, 0.5) is 8.78 Å². The molecule has 0 aliphatic carbocycles. The highest BCUT2D eigenvalue weighted by Crippen LogP contribution is 2.16. The van der Waals surface area contributed by atoms with Crippen molar-refractivity contribution in [3.8, 4) is 0 Å². The number of benzene rings is 1. The number of nitrogens with one attached hydrogen (secondary N) is 1. The van der Waals surface area contributed by atoms with Crippen LogP contribution >= 0.6 is 0 Å². The molecule has 1 N–H and O–H groups in total. The second-order valence-electron chi connectivity index (χ2n) is 5.16. The van der Waals surface area contributed by atoms with Gasteiger partial charge in [-0.25, -0.2) is 8.78 Å². The van der Waals surface area contributed by atoms with Crippen molar-refractivity contribution >= 4 is 0 Å². The Bertz CT molecular complexity index is 620. The molecule has 2 rings (SSSR count). The van der Waals surface area contributed by atoms with Crippen LogP contribution in [0.2, 0.25) is 0 Å². The minimum Gasteiger partial charge on any atom is -0.317 e. The van der Waals surface area contributed by atoms with Gasteiger partial charge in [0.15, 0.2) is 11.6 Å². The summed E-state index contributed by atoms with van der Waals surface area (Å²) in [6, 6.07) is 3.97. The first-order valence-corrected chi connectivity index (χ1v) is 7.20. The smallest absolute Gasteiger partial charge is 0.159 e. The van der Waals surface area contributed by atoms with Crippen LogP contribution in [0.1, 0.15) is 29.4 Å². The zero-order chi connectivity index (χ0) is 15.4. The van der Waals surface area contributed by atoms with Crippen LogP contribution < -0.4 is 5.32 Å². The van der Waals surface area contributed by atoms with Gasteiger partial charge in [-0.2, -0.15) is 5.10 Å². The molecule has 0 spiro atoms. The quantitative estimate of drug-likeness (QED) is 0.830. The van der Waals surface area contributed by atoms with E-state index in [1.54, 1.807) is 6.07 Å². The van der Waals surface area contributed by atoms with Gasteiger partial charge >= 0.3 is 0 Å². The lowest BCUT2D eigenvalue weighted by atomic mass is 10.1. The third-order valence-corrected chi connectivity index (χ3v) is 3.65. The summed E-state index contributed by atoms with van der Waals surface area (Å²) in [7, 11) is 0. The lowest BCUT2D eigenvalue weighted by molar-refractivity contribution is 0.505. The minimum atomic E-state index is -0.821. The van der Waals surface area contributed by atoms with Crippen molar-refractivity contribution in [3.05, 3.63) is 52.3 Å². The van der Waals surface area contributed by atoms with Crippen molar-refractivity contribution in [1.82, 2.24) is 15.1 Å². The van der Waals surface area contributed by atoms with Crippen molar-refractivity contribution in [1.29, 1.82) is 0 Å². The van der Waals surface area contributed by atoms with E-state index in [4.69, 9.17) is 0 Å². The Morgan fingerprint density at radius 3 is 2.62 bits per heavy atom. The van der Waals surface area contributed by atoms with Crippen LogP contribution in [-0.2, 0) is 13.0 Å². The molecule has 0 bridgehead atoms. The summed E-state index contributed by atoms with van der Waals surface area (Å²) in [4.78, 5) is 0. The summed E-state index contributed by atoms with van der Waals surface area (Å²) in [6.45, 7) is 8.38. The number of halogens is 2. The molecule has 21 heavy (non-hydrogen) atoms. The van der Waals surface area contributed by atoms with E-state index < -0.39 is 11.6 Å². The van der Waals surface area contributed by atoms with Crippen molar-refractivity contribution in [2.75, 3.05) is 13.1 Å². The molecule has 1 aromatic heterocycles. The molecule has 5 heteroatoms. The average molecular weight is 293 g/mol. The highest BCUT2D eigenvalue weighted by Gasteiger charge is 2.12. The van der Waals surface area contributed by atoms with Gasteiger partial charge in [0.2, 0.25) is 0 Å². The zero-order valence-corrected chi connectivity index (χ0v) is 12.7. The standard InChI is InChI=1S/C16H21F2N3/c1-4-19-8-7-14-11(2)20-21(12(14)3)10-13-5-6-15(17)16(18)9-13/h5-6,9,19H,4,7-8,10H2,1-3H3. The van der Waals surface area contributed by atoms with Gasteiger partial charge in [0.1, 0.15) is 0 Å². The SMILES string of the molecule is CCNCCc1c(C)nn(Cc2ccc(F)c(F)c2)c1C. The fourth-order valence-electron chi connectivity index (χ4n) is 2.45. The van der Waals surface area contributed by atoms with Crippen LogP contribution in [0.5, 0.6) is 0 Å². The first-order chi connectivity index (χ1) is 10.0. The van der Waals surface area contributed by atoms with E-state index in [0.717, 1.165) is 37.0 Å². The Labute approximate surface area is 124 Å². The number of aromatic nitrogens is 2. The summed E-state index contributed by atoms with van der Waals surface area (Å²) >= 11 is 0. The molecule has 1 aromatic carbocycles. The van der Waals surface area contributed by atoms with Gasteiger partial charge in [0.25, 0.3) is 0 Å². The second kappa shape index (κ2) is 6.80. The van der Waals surface area contributed by atoms with Gasteiger partial charge in [-0.15, -0.1) is 0 Å². The molecule has 0 unspecified atom stereocenters. The summed E-state index contributed by atoms with van der Waals surface area (Å²) < 4.78 is 28.1. The molecule has 0 saturated heterocycles. The molecular formula is C16H21F2N3. The molecule has 3 nitrogen and oxygen atoms in total. The van der Waals surface area contributed by atoms with Crippen LogP contribution in [0, 0.1) is 25.5 Å². The normalized spacial score (nSPS) is 11.1. The Morgan fingerprint density at radius 2 is 1.95 bits per heavy atom. The van der Waals surface area contributed by atoms with E-state index in [2.05, 4.69) is 17.3 Å². The van der Waals surface area contributed by atoms with E-state index in [1.807, 2.05) is 18.5 Å². The molecule has 114 valence electrons. The molecule has 0 aliphatic rings. The van der Waals surface area contributed by atoms with Gasteiger partial charge in [0.05, 0.1) is 12.2 Å². The first-order valence-electron chi connectivity index (χ1n) is 7.20. The number of aryl methyl sites for hydroxylation is 1. The van der Waals surface area contributed by atoms with E-state index >= 15 is 0 Å². The Hall–Kier alpha value is -1.75. The molecule has 0 aliphatic heterocycles. The Balaban J connectivity index is 2.16. The van der Waals surface area contributed by atoms with Crippen LogP contribution in [-0.4, -0.2) is 22.9 Å². The summed E-state index contributed by atoms with van der Waals surface area (Å²) in [6.07, 6.45) is 0.920. The van der Waals surface area contributed by atoms with Crippen molar-refractivity contribution in [2.24, 2.45) is 0 Å². The molecule has 0 fully saturated rings. The summed E-state index contributed by atoms with van der Waals surface area (Å²) in [5.74, 6) is -1.64. The lowest BCUT2D eigenvalue weighted by Gasteiger charge is -2.07. The summed E-state index contributed by atoms with van der Waals surface area (Å²) in [5, 5.41) is 7.80. The van der Waals surface area contributed by atoms with Gasteiger partial charge in [-0.1, -0.05) is 13.0 Å². The molecule has 0 amide bonds. The number of nitrogens with zero attached hydrogens (tertiary/aromatic N) is 2. The van der Waals surface area contributed by atoms with E-state index in [-0.39, 0.29) is 0 Å². The predicted octanol–water partition coefficient (Wildman–Crippen LogP) is 2.98. The highest BCUT2D eigenvalue weighted by molar-refractivity contribution is 5.26. The Morgan fingerprint density at radius 1 is 1.19 bits per heavy atom. The number of rotatable bonds is 6. The lowest BCUT2D eigenvalue weighted by Crippen LogP contribution is -2.16. The maximum atomic E-state index is 13.3. The largest absolute Gasteiger partial charge is 0.317 e. The molecule has 0 saturated carbocycles. The zero-order valence-electron chi connectivity index (χ0n) is 12.7. The fraction of sp³-hybridized carbons (Fsp3) is 0.438.